The predicted molar refractivity (Wildman–Crippen MR) is 115 cm³/mol. The van der Waals surface area contributed by atoms with Crippen molar-refractivity contribution in [2.24, 2.45) is 4.99 Å². The van der Waals surface area contributed by atoms with Crippen molar-refractivity contribution < 1.29 is 4.74 Å². The Labute approximate surface area is 173 Å². The Morgan fingerprint density at radius 3 is 2.93 bits per heavy atom. The number of aliphatic imine (C=N–C) groups is 1. The molecule has 0 radical (unpaired) electrons. The molecule has 2 heterocycles. The highest BCUT2D eigenvalue weighted by molar-refractivity contribution is 5.79. The van der Waals surface area contributed by atoms with Crippen LogP contribution in [0.4, 0.5) is 0 Å². The van der Waals surface area contributed by atoms with Crippen LogP contribution in [0.15, 0.2) is 35.3 Å². The van der Waals surface area contributed by atoms with Gasteiger partial charge in [0.2, 0.25) is 0 Å². The van der Waals surface area contributed by atoms with Crippen LogP contribution in [0.2, 0.25) is 0 Å². The number of guanidine groups is 1. The van der Waals surface area contributed by atoms with Crippen LogP contribution in [0.1, 0.15) is 30.1 Å². The van der Waals surface area contributed by atoms with Crippen LogP contribution in [0.5, 0.6) is 0 Å². The summed E-state index contributed by atoms with van der Waals surface area (Å²) >= 11 is 0. The van der Waals surface area contributed by atoms with Crippen molar-refractivity contribution in [2.75, 3.05) is 34.3 Å². The van der Waals surface area contributed by atoms with Crippen molar-refractivity contribution in [1.82, 2.24) is 30.3 Å². The maximum Gasteiger partial charge on any atom is 0.191 e. The van der Waals surface area contributed by atoms with Gasteiger partial charge in [-0.3, -0.25) is 4.99 Å². The van der Waals surface area contributed by atoms with Gasteiger partial charge in [-0.25, -0.2) is 9.67 Å². The number of nitrogens with zero attached hydrogens (tertiary/aromatic N) is 5. The number of ether oxygens (including phenoxy) is 1. The van der Waals surface area contributed by atoms with Gasteiger partial charge in [-0.05, 0) is 32.0 Å². The second kappa shape index (κ2) is 10.9. The molecule has 0 saturated heterocycles. The summed E-state index contributed by atoms with van der Waals surface area (Å²) in [4.78, 5) is 11.2. The SMILES string of the molecule is CN=C(NCCCN(C)Cc1ccccc1)NC1CCc2nc(COC)nn2C1. The van der Waals surface area contributed by atoms with Gasteiger partial charge >= 0.3 is 0 Å². The van der Waals surface area contributed by atoms with Gasteiger partial charge in [-0.2, -0.15) is 5.10 Å². The van der Waals surface area contributed by atoms with Crippen molar-refractivity contribution in [3.05, 3.63) is 47.5 Å². The maximum absolute atomic E-state index is 5.13. The van der Waals surface area contributed by atoms with Crippen LogP contribution in [-0.4, -0.2) is 66.0 Å². The molecule has 8 nitrogen and oxygen atoms in total. The fraction of sp³-hybridized carbons (Fsp3) is 0.571. The zero-order valence-electron chi connectivity index (χ0n) is 17.8. The Morgan fingerprint density at radius 2 is 2.17 bits per heavy atom. The number of hydrogen-bond acceptors (Lipinski definition) is 5. The standard InChI is InChI=1S/C21H33N7O/c1-22-21(23-12-7-13-27(2)14-17-8-5-4-6-9-17)24-18-10-11-20-25-19(16-29-3)26-28(20)15-18/h4-6,8-9,18H,7,10-16H2,1-3H3,(H2,22,23,24). The van der Waals surface area contributed by atoms with Gasteiger partial charge in [-0.1, -0.05) is 30.3 Å². The number of aryl methyl sites for hydroxylation is 1. The number of fused-ring (bicyclic) bond motifs is 1. The van der Waals surface area contributed by atoms with Gasteiger partial charge in [0.05, 0.1) is 6.54 Å². The molecule has 0 fully saturated rings. The molecule has 29 heavy (non-hydrogen) atoms. The van der Waals surface area contributed by atoms with Crippen molar-refractivity contribution >= 4 is 5.96 Å². The number of methoxy groups -OCH3 is 1. The van der Waals surface area contributed by atoms with E-state index >= 15 is 0 Å². The fourth-order valence-corrected chi connectivity index (χ4v) is 3.59. The highest BCUT2D eigenvalue weighted by Gasteiger charge is 2.22. The van der Waals surface area contributed by atoms with Gasteiger partial charge in [0, 0.05) is 39.7 Å². The molecule has 1 unspecified atom stereocenters. The first-order valence-corrected chi connectivity index (χ1v) is 10.3. The first-order chi connectivity index (χ1) is 14.2. The van der Waals surface area contributed by atoms with Crippen LogP contribution in [-0.2, 0) is 30.9 Å². The molecule has 0 spiro atoms. The number of hydrogen-bond donors (Lipinski definition) is 2. The fourth-order valence-electron chi connectivity index (χ4n) is 3.59. The maximum atomic E-state index is 5.13. The quantitative estimate of drug-likeness (QED) is 0.377. The van der Waals surface area contributed by atoms with E-state index < -0.39 is 0 Å². The Hall–Kier alpha value is -2.45. The summed E-state index contributed by atoms with van der Waals surface area (Å²) in [6, 6.07) is 10.9. The second-order valence-corrected chi connectivity index (χ2v) is 7.52. The zero-order valence-corrected chi connectivity index (χ0v) is 17.8. The Balaban J connectivity index is 1.37. The molecule has 0 bridgehead atoms. The minimum absolute atomic E-state index is 0.298. The lowest BCUT2D eigenvalue weighted by atomic mass is 10.1. The highest BCUT2D eigenvalue weighted by atomic mass is 16.5. The molecule has 8 heteroatoms. The molecule has 0 amide bonds. The first kappa shape index (κ1) is 21.3. The normalized spacial score (nSPS) is 16.7. The van der Waals surface area contributed by atoms with Gasteiger partial charge in [0.25, 0.3) is 0 Å². The number of rotatable bonds is 9. The third-order valence-corrected chi connectivity index (χ3v) is 5.04. The summed E-state index contributed by atoms with van der Waals surface area (Å²) in [5.74, 6) is 2.64. The van der Waals surface area contributed by atoms with E-state index in [9.17, 15) is 0 Å². The third-order valence-electron chi connectivity index (χ3n) is 5.04. The molecule has 1 aromatic carbocycles. The lowest BCUT2D eigenvalue weighted by Crippen LogP contribution is -2.47. The van der Waals surface area contributed by atoms with Crippen LogP contribution >= 0.6 is 0 Å². The van der Waals surface area contributed by atoms with Gasteiger partial charge in [0.15, 0.2) is 11.8 Å². The van der Waals surface area contributed by atoms with E-state index in [2.05, 4.69) is 68.0 Å². The smallest absolute Gasteiger partial charge is 0.191 e. The molecular weight excluding hydrogens is 366 g/mol. The Bertz CT molecular complexity index is 775. The number of nitrogens with one attached hydrogen (secondary N) is 2. The molecule has 3 rings (SSSR count). The molecule has 0 aliphatic carbocycles. The predicted octanol–water partition coefficient (Wildman–Crippen LogP) is 1.43. The van der Waals surface area contributed by atoms with Gasteiger partial charge in [0.1, 0.15) is 12.4 Å². The van der Waals surface area contributed by atoms with Crippen LogP contribution in [0.3, 0.4) is 0 Å². The summed E-state index contributed by atoms with van der Waals surface area (Å²) < 4.78 is 7.12. The summed E-state index contributed by atoms with van der Waals surface area (Å²) in [6.45, 7) is 4.15. The number of benzene rings is 1. The van der Waals surface area contributed by atoms with E-state index in [1.54, 1.807) is 7.11 Å². The van der Waals surface area contributed by atoms with E-state index in [0.29, 0.717) is 12.6 Å². The summed E-state index contributed by atoms with van der Waals surface area (Å²) in [7, 11) is 5.65. The second-order valence-electron chi connectivity index (χ2n) is 7.52. The Morgan fingerprint density at radius 1 is 1.34 bits per heavy atom. The molecule has 1 aliphatic heterocycles. The number of aromatic nitrogens is 3. The molecule has 0 saturated carbocycles. The van der Waals surface area contributed by atoms with Crippen molar-refractivity contribution in [2.45, 2.75) is 45.0 Å². The molecule has 2 aromatic rings. The lowest BCUT2D eigenvalue weighted by Gasteiger charge is -2.25. The summed E-state index contributed by atoms with van der Waals surface area (Å²) in [5.41, 5.74) is 1.35. The minimum Gasteiger partial charge on any atom is -0.377 e. The average Bonchev–Trinajstić information content (AvgIpc) is 3.13. The highest BCUT2D eigenvalue weighted by Crippen LogP contribution is 2.13. The average molecular weight is 400 g/mol. The molecular formula is C21H33N7O. The molecule has 158 valence electrons. The van der Waals surface area contributed by atoms with Crippen LogP contribution in [0, 0.1) is 0 Å². The monoisotopic (exact) mass is 399 g/mol. The van der Waals surface area contributed by atoms with Crippen LogP contribution in [0.25, 0.3) is 0 Å². The van der Waals surface area contributed by atoms with E-state index in [4.69, 9.17) is 4.74 Å². The molecule has 1 aliphatic rings. The van der Waals surface area contributed by atoms with Crippen molar-refractivity contribution in [1.29, 1.82) is 0 Å². The summed E-state index contributed by atoms with van der Waals surface area (Å²) in [5, 5.41) is 11.5. The van der Waals surface area contributed by atoms with Crippen LogP contribution < -0.4 is 10.6 Å². The zero-order chi connectivity index (χ0) is 20.5. The van der Waals surface area contributed by atoms with Crippen molar-refractivity contribution in [3.8, 4) is 0 Å². The summed E-state index contributed by atoms with van der Waals surface area (Å²) in [6.07, 6.45) is 2.99. The van der Waals surface area contributed by atoms with E-state index in [1.165, 1.54) is 5.56 Å². The largest absolute Gasteiger partial charge is 0.377 e. The Kier molecular flexibility index (Phi) is 8.01. The van der Waals surface area contributed by atoms with E-state index in [-0.39, 0.29) is 0 Å². The van der Waals surface area contributed by atoms with E-state index in [1.807, 2.05) is 11.7 Å². The molecule has 1 aromatic heterocycles. The minimum atomic E-state index is 0.298. The lowest BCUT2D eigenvalue weighted by molar-refractivity contribution is 0.177. The van der Waals surface area contributed by atoms with Gasteiger partial charge in [-0.15, -0.1) is 0 Å². The van der Waals surface area contributed by atoms with Gasteiger partial charge < -0.3 is 20.3 Å². The van der Waals surface area contributed by atoms with E-state index in [0.717, 1.165) is 63.0 Å². The molecule has 2 N–H and O–H groups in total. The third kappa shape index (κ3) is 6.54. The first-order valence-electron chi connectivity index (χ1n) is 10.3. The van der Waals surface area contributed by atoms with Crippen molar-refractivity contribution in [3.63, 3.8) is 0 Å². The molecule has 1 atom stereocenters. The topological polar surface area (TPSA) is 79.6 Å².